The molecule has 0 radical (unpaired) electrons. The highest BCUT2D eigenvalue weighted by molar-refractivity contribution is 7.91. The summed E-state index contributed by atoms with van der Waals surface area (Å²) in [7, 11) is -1.29. The minimum atomic E-state index is -3.30. The van der Waals surface area contributed by atoms with E-state index in [-0.39, 0.29) is 17.7 Å². The van der Waals surface area contributed by atoms with E-state index < -0.39 is 9.84 Å². The zero-order chi connectivity index (χ0) is 18.3. The van der Waals surface area contributed by atoms with Gasteiger partial charge < -0.3 is 9.88 Å². The fourth-order valence-electron chi connectivity index (χ4n) is 3.64. The molecule has 3 aromatic rings. The van der Waals surface area contributed by atoms with Crippen molar-refractivity contribution in [1.82, 2.24) is 19.9 Å². The van der Waals surface area contributed by atoms with Crippen molar-refractivity contribution >= 4 is 26.7 Å². The monoisotopic (exact) mass is 371 g/mol. The van der Waals surface area contributed by atoms with E-state index in [2.05, 4.69) is 24.8 Å². The lowest BCUT2D eigenvalue weighted by atomic mass is 9.81. The maximum absolute atomic E-state index is 12.7. The van der Waals surface area contributed by atoms with E-state index in [0.29, 0.717) is 4.90 Å². The third-order valence-corrected chi connectivity index (χ3v) is 7.21. The van der Waals surface area contributed by atoms with Gasteiger partial charge >= 0.3 is 0 Å². The third-order valence-electron chi connectivity index (χ3n) is 5.21. The van der Waals surface area contributed by atoms with Gasteiger partial charge in [0.2, 0.25) is 0 Å². The summed E-state index contributed by atoms with van der Waals surface area (Å²) in [5.41, 5.74) is 1.57. The van der Waals surface area contributed by atoms with Crippen LogP contribution in [0.1, 0.15) is 18.4 Å². The van der Waals surface area contributed by atoms with Crippen LogP contribution in [0.25, 0.3) is 11.0 Å². The second-order valence-electron chi connectivity index (χ2n) is 6.96. The lowest BCUT2D eigenvalue weighted by Gasteiger charge is -2.41. The highest BCUT2D eigenvalue weighted by Crippen LogP contribution is 2.36. The van der Waals surface area contributed by atoms with Crippen LogP contribution < -0.4 is 4.90 Å². The van der Waals surface area contributed by atoms with Crippen LogP contribution >= 0.6 is 0 Å². The Morgan fingerprint density at radius 1 is 1.27 bits per heavy atom. The molecule has 26 heavy (non-hydrogen) atoms. The molecule has 1 N–H and O–H groups in total. The molecule has 1 saturated carbocycles. The number of fused-ring (bicyclic) bond motifs is 1. The largest absolute Gasteiger partial charge is 0.356 e. The SMILES string of the molecule is Cc1ccncc1S(=O)(=O)C[C@H]1C[C@@H](N(C)c2ncnc3[nH]ccc23)C1. The third kappa shape index (κ3) is 2.94. The molecule has 0 unspecified atom stereocenters. The van der Waals surface area contributed by atoms with Gasteiger partial charge in [-0.3, -0.25) is 4.98 Å². The van der Waals surface area contributed by atoms with Gasteiger partial charge in [0.15, 0.2) is 9.84 Å². The molecule has 0 saturated heterocycles. The summed E-state index contributed by atoms with van der Waals surface area (Å²) < 4.78 is 25.3. The maximum atomic E-state index is 12.7. The first-order valence-corrected chi connectivity index (χ1v) is 10.3. The molecule has 3 heterocycles. The molecule has 3 aromatic heterocycles. The predicted octanol–water partition coefficient (Wildman–Crippen LogP) is 2.35. The van der Waals surface area contributed by atoms with Crippen LogP contribution in [0.4, 0.5) is 5.82 Å². The summed E-state index contributed by atoms with van der Waals surface area (Å²) in [5.74, 6) is 1.22. The van der Waals surface area contributed by atoms with Gasteiger partial charge in [-0.1, -0.05) is 0 Å². The van der Waals surface area contributed by atoms with Gasteiger partial charge in [0.25, 0.3) is 0 Å². The number of nitrogens with one attached hydrogen (secondary N) is 1. The van der Waals surface area contributed by atoms with Crippen molar-refractivity contribution in [2.45, 2.75) is 30.7 Å². The molecule has 0 amide bonds. The van der Waals surface area contributed by atoms with Crippen molar-refractivity contribution < 1.29 is 8.42 Å². The molecule has 0 bridgehead atoms. The topological polar surface area (TPSA) is 91.8 Å². The number of aryl methyl sites for hydroxylation is 1. The Bertz CT molecular complexity index is 1040. The Labute approximate surface area is 152 Å². The summed E-state index contributed by atoms with van der Waals surface area (Å²) in [6.45, 7) is 1.81. The molecule has 1 aliphatic rings. The molecule has 0 atom stereocenters. The number of hydrogen-bond donors (Lipinski definition) is 1. The Hall–Kier alpha value is -2.48. The average Bonchev–Trinajstić information content (AvgIpc) is 3.06. The van der Waals surface area contributed by atoms with Gasteiger partial charge in [-0.25, -0.2) is 18.4 Å². The number of aromatic amines is 1. The standard InChI is InChI=1S/C18H21N5O2S/c1-12-3-5-19-9-16(12)26(24,25)10-13-7-14(8-13)23(2)18-15-4-6-20-17(15)21-11-22-18/h3-6,9,11,13-14H,7-8,10H2,1-2H3,(H,20,21,22)/t13-,14+. The van der Waals surface area contributed by atoms with Crippen LogP contribution in [0.15, 0.2) is 41.9 Å². The number of pyridine rings is 1. The van der Waals surface area contributed by atoms with Crippen LogP contribution in [-0.4, -0.2) is 47.2 Å². The second kappa shape index (κ2) is 6.35. The minimum Gasteiger partial charge on any atom is -0.356 e. The van der Waals surface area contributed by atoms with Crippen LogP contribution in [0, 0.1) is 12.8 Å². The van der Waals surface area contributed by atoms with Gasteiger partial charge in [0, 0.05) is 31.7 Å². The smallest absolute Gasteiger partial charge is 0.180 e. The van der Waals surface area contributed by atoms with Crippen molar-refractivity contribution in [3.8, 4) is 0 Å². The van der Waals surface area contributed by atoms with E-state index in [4.69, 9.17) is 0 Å². The van der Waals surface area contributed by atoms with E-state index in [1.165, 1.54) is 6.20 Å². The first-order chi connectivity index (χ1) is 12.5. The van der Waals surface area contributed by atoms with E-state index in [9.17, 15) is 8.42 Å². The highest BCUT2D eigenvalue weighted by atomic mass is 32.2. The zero-order valence-corrected chi connectivity index (χ0v) is 15.6. The number of nitrogens with zero attached hydrogens (tertiary/aromatic N) is 4. The number of rotatable bonds is 5. The predicted molar refractivity (Wildman–Crippen MR) is 99.8 cm³/mol. The molecule has 7 nitrogen and oxygen atoms in total. The Kier molecular flexibility index (Phi) is 4.14. The normalized spacial score (nSPS) is 20.1. The van der Waals surface area contributed by atoms with E-state index in [0.717, 1.165) is 35.3 Å². The van der Waals surface area contributed by atoms with Gasteiger partial charge in [-0.05, 0) is 43.4 Å². The summed E-state index contributed by atoms with van der Waals surface area (Å²) in [6, 6.07) is 3.99. The molecular weight excluding hydrogens is 350 g/mol. The molecule has 1 fully saturated rings. The Balaban J connectivity index is 1.44. The Morgan fingerprint density at radius 2 is 2.08 bits per heavy atom. The van der Waals surface area contributed by atoms with Gasteiger partial charge in [-0.15, -0.1) is 0 Å². The van der Waals surface area contributed by atoms with Crippen molar-refractivity contribution in [3.05, 3.63) is 42.6 Å². The number of hydrogen-bond acceptors (Lipinski definition) is 6. The number of H-pyrrole nitrogens is 1. The zero-order valence-electron chi connectivity index (χ0n) is 14.8. The van der Waals surface area contributed by atoms with E-state index in [1.807, 2.05) is 26.2 Å². The van der Waals surface area contributed by atoms with Crippen LogP contribution in [0.5, 0.6) is 0 Å². The lowest BCUT2D eigenvalue weighted by molar-refractivity contribution is 0.282. The van der Waals surface area contributed by atoms with Crippen LogP contribution in [0.3, 0.4) is 0 Å². The first kappa shape index (κ1) is 17.0. The fraction of sp³-hybridized carbons (Fsp3) is 0.389. The van der Waals surface area contributed by atoms with Crippen molar-refractivity contribution in [2.24, 2.45) is 5.92 Å². The van der Waals surface area contributed by atoms with Gasteiger partial charge in [0.05, 0.1) is 16.0 Å². The second-order valence-corrected chi connectivity index (χ2v) is 8.96. The molecule has 136 valence electrons. The lowest BCUT2D eigenvalue weighted by Crippen LogP contribution is -2.45. The van der Waals surface area contributed by atoms with Gasteiger partial charge in [-0.2, -0.15) is 0 Å². The number of anilines is 1. The van der Waals surface area contributed by atoms with Crippen molar-refractivity contribution in [3.63, 3.8) is 0 Å². The maximum Gasteiger partial charge on any atom is 0.180 e. The molecule has 4 rings (SSSR count). The molecule has 0 aliphatic heterocycles. The average molecular weight is 371 g/mol. The van der Waals surface area contributed by atoms with Crippen LogP contribution in [0.2, 0.25) is 0 Å². The summed E-state index contributed by atoms with van der Waals surface area (Å²) in [4.78, 5) is 18.2. The van der Waals surface area contributed by atoms with Gasteiger partial charge in [0.1, 0.15) is 17.8 Å². The number of aromatic nitrogens is 4. The Morgan fingerprint density at radius 3 is 2.85 bits per heavy atom. The quantitative estimate of drug-likeness (QED) is 0.740. The molecule has 0 spiro atoms. The molecule has 1 aliphatic carbocycles. The van der Waals surface area contributed by atoms with E-state index in [1.54, 1.807) is 18.6 Å². The summed E-state index contributed by atoms with van der Waals surface area (Å²) in [6.07, 6.45) is 8.15. The minimum absolute atomic E-state index is 0.163. The van der Waals surface area contributed by atoms with E-state index >= 15 is 0 Å². The first-order valence-electron chi connectivity index (χ1n) is 8.60. The summed E-state index contributed by atoms with van der Waals surface area (Å²) in [5, 5.41) is 0.983. The summed E-state index contributed by atoms with van der Waals surface area (Å²) >= 11 is 0. The van der Waals surface area contributed by atoms with Crippen LogP contribution in [-0.2, 0) is 9.84 Å². The fourth-order valence-corrected chi connectivity index (χ4v) is 5.49. The van der Waals surface area contributed by atoms with Crippen molar-refractivity contribution in [1.29, 1.82) is 0 Å². The molecule has 8 heteroatoms. The van der Waals surface area contributed by atoms with Crippen molar-refractivity contribution in [2.75, 3.05) is 17.7 Å². The number of sulfone groups is 1. The molecular formula is C18H21N5O2S. The highest BCUT2D eigenvalue weighted by Gasteiger charge is 2.36. The molecule has 0 aromatic carbocycles.